The van der Waals surface area contributed by atoms with Crippen molar-refractivity contribution in [2.45, 2.75) is 0 Å². The first-order chi connectivity index (χ1) is 17.9. The highest BCUT2D eigenvalue weighted by Gasteiger charge is 2.20. The summed E-state index contributed by atoms with van der Waals surface area (Å²) in [7, 11) is 0. The highest BCUT2D eigenvalue weighted by Crippen LogP contribution is 2.35. The van der Waals surface area contributed by atoms with E-state index in [0.29, 0.717) is 15.7 Å². The molecule has 37 heavy (non-hydrogen) atoms. The number of halogens is 3. The number of furan rings is 1. The van der Waals surface area contributed by atoms with Crippen molar-refractivity contribution >= 4 is 76.8 Å². The van der Waals surface area contributed by atoms with Crippen molar-refractivity contribution in [3.63, 3.8) is 0 Å². The first kappa shape index (κ1) is 25.2. The molecule has 0 atom stereocenters. The van der Waals surface area contributed by atoms with Crippen molar-refractivity contribution in [1.29, 1.82) is 0 Å². The molecular weight excluding hydrogens is 670 g/mol. The summed E-state index contributed by atoms with van der Waals surface area (Å²) < 4.78 is 12.8. The number of nitrogens with zero attached hydrogens (tertiary/aromatic N) is 1. The van der Waals surface area contributed by atoms with Gasteiger partial charge in [-0.1, -0.05) is 62.2 Å². The van der Waals surface area contributed by atoms with Gasteiger partial charge in [0.25, 0.3) is 5.91 Å². The summed E-state index contributed by atoms with van der Waals surface area (Å²) in [5, 5.41) is 5.04. The van der Waals surface area contributed by atoms with E-state index in [1.165, 1.54) is 18.5 Å². The zero-order valence-electron chi connectivity index (χ0n) is 18.8. The van der Waals surface area contributed by atoms with Gasteiger partial charge in [-0.2, -0.15) is 5.10 Å². The molecule has 5 rings (SSSR count). The lowest BCUT2D eigenvalue weighted by Crippen LogP contribution is -2.19. The number of ether oxygens (including phenoxy) is 1. The van der Waals surface area contributed by atoms with Crippen molar-refractivity contribution in [2.24, 2.45) is 5.10 Å². The van der Waals surface area contributed by atoms with Crippen molar-refractivity contribution in [3.05, 3.63) is 109 Å². The van der Waals surface area contributed by atoms with Gasteiger partial charge in [0.1, 0.15) is 5.69 Å². The minimum Gasteiger partial charge on any atom is -0.457 e. The number of aromatic amines is 1. The first-order valence-corrected chi connectivity index (χ1v) is 13.2. The Balaban J connectivity index is 1.45. The van der Waals surface area contributed by atoms with E-state index in [9.17, 15) is 9.59 Å². The Kier molecular flexibility index (Phi) is 7.40. The second-order valence-corrected chi connectivity index (χ2v) is 10.5. The normalized spacial score (nSPS) is 11.2. The molecule has 0 aliphatic carbocycles. The molecule has 5 aromatic rings. The van der Waals surface area contributed by atoms with E-state index in [2.05, 4.69) is 63.3 Å². The van der Waals surface area contributed by atoms with Gasteiger partial charge >= 0.3 is 5.97 Å². The quantitative estimate of drug-likeness (QED) is 0.0829. The Morgan fingerprint density at radius 1 is 0.946 bits per heavy atom. The molecule has 0 radical (unpaired) electrons. The number of H-pyrrole nitrogens is 1. The number of carbonyl (C=O) groups is 2. The monoisotopic (exact) mass is 683 g/mol. The van der Waals surface area contributed by atoms with Crippen LogP contribution in [-0.2, 0) is 0 Å². The highest BCUT2D eigenvalue weighted by atomic mass is 79.9. The summed E-state index contributed by atoms with van der Waals surface area (Å²) >= 11 is 10.3. The molecule has 184 valence electrons. The molecule has 2 N–H and O–H groups in total. The van der Waals surface area contributed by atoms with Crippen LogP contribution in [0, 0.1) is 0 Å². The van der Waals surface area contributed by atoms with Gasteiger partial charge in [0.2, 0.25) is 5.76 Å². The molecule has 0 saturated carbocycles. The molecule has 0 fully saturated rings. The molecule has 2 aromatic heterocycles. The maximum absolute atomic E-state index is 13.3. The van der Waals surface area contributed by atoms with Crippen LogP contribution in [0.1, 0.15) is 26.6 Å². The van der Waals surface area contributed by atoms with Gasteiger partial charge in [-0.25, -0.2) is 10.2 Å². The lowest BCUT2D eigenvalue weighted by Gasteiger charge is -2.09. The SMILES string of the molecule is O=C(Oc1c(Br)cc(Br)cc1C=NNC(=O)c1[nH]c2ccc(Br)cc2c1-c1ccccc1)c1ccco1. The van der Waals surface area contributed by atoms with Gasteiger partial charge in [-0.05, 0) is 64.0 Å². The molecule has 2 heterocycles. The number of esters is 1. The van der Waals surface area contributed by atoms with Gasteiger partial charge in [0, 0.05) is 31.0 Å². The molecule has 0 spiro atoms. The topological polar surface area (TPSA) is 96.7 Å². The number of benzene rings is 3. The summed E-state index contributed by atoms with van der Waals surface area (Å²) in [6, 6.07) is 22.0. The van der Waals surface area contributed by atoms with E-state index < -0.39 is 11.9 Å². The predicted molar refractivity (Wildman–Crippen MR) is 152 cm³/mol. The smallest absolute Gasteiger partial charge is 0.379 e. The second kappa shape index (κ2) is 10.9. The van der Waals surface area contributed by atoms with Crippen LogP contribution in [0.5, 0.6) is 5.75 Å². The van der Waals surface area contributed by atoms with Crippen molar-refractivity contribution < 1.29 is 18.7 Å². The zero-order valence-corrected chi connectivity index (χ0v) is 23.6. The third-order valence-electron chi connectivity index (χ3n) is 5.37. The van der Waals surface area contributed by atoms with E-state index >= 15 is 0 Å². The number of aromatic nitrogens is 1. The number of nitrogens with one attached hydrogen (secondary N) is 2. The number of fused-ring (bicyclic) bond motifs is 1. The molecule has 0 saturated heterocycles. The first-order valence-electron chi connectivity index (χ1n) is 10.9. The number of hydrazone groups is 1. The summed E-state index contributed by atoms with van der Waals surface area (Å²) in [6.45, 7) is 0. The van der Waals surface area contributed by atoms with Crippen LogP contribution in [0.3, 0.4) is 0 Å². The van der Waals surface area contributed by atoms with Crippen LogP contribution >= 0.6 is 47.8 Å². The Hall–Kier alpha value is -3.47. The molecule has 7 nitrogen and oxygen atoms in total. The molecule has 10 heteroatoms. The van der Waals surface area contributed by atoms with Crippen LogP contribution in [0.25, 0.3) is 22.0 Å². The standard InChI is InChI=1S/C27H16Br3N3O4/c28-17-8-9-21-19(12-17)23(15-5-2-1-3-6-15)24(32-21)26(34)33-31-14-16-11-18(29)13-20(30)25(16)37-27(35)22-7-4-10-36-22/h1-14,32H,(H,33,34). The Bertz CT molecular complexity index is 1650. The summed E-state index contributed by atoms with van der Waals surface area (Å²) in [4.78, 5) is 28.9. The third-order valence-corrected chi connectivity index (χ3v) is 6.91. The van der Waals surface area contributed by atoms with Crippen LogP contribution in [-0.4, -0.2) is 23.1 Å². The van der Waals surface area contributed by atoms with Gasteiger partial charge in [-0.15, -0.1) is 0 Å². The summed E-state index contributed by atoms with van der Waals surface area (Å²) in [6.07, 6.45) is 2.79. The molecule has 3 aromatic carbocycles. The van der Waals surface area contributed by atoms with E-state index in [-0.39, 0.29) is 11.5 Å². The number of amides is 1. The summed E-state index contributed by atoms with van der Waals surface area (Å²) in [5.74, 6) is -0.804. The van der Waals surface area contributed by atoms with Crippen LogP contribution in [0.2, 0.25) is 0 Å². The number of hydrogen-bond acceptors (Lipinski definition) is 5. The lowest BCUT2D eigenvalue weighted by molar-refractivity contribution is 0.0699. The number of carbonyl (C=O) groups excluding carboxylic acids is 2. The molecular formula is C27H16Br3N3O4. The molecule has 0 aliphatic rings. The van der Waals surface area contributed by atoms with Crippen LogP contribution in [0.4, 0.5) is 0 Å². The average molecular weight is 686 g/mol. The summed E-state index contributed by atoms with van der Waals surface area (Å²) in [5.41, 5.74) is 5.88. The van der Waals surface area contributed by atoms with Crippen LogP contribution in [0.15, 0.2) is 102 Å². The predicted octanol–water partition coefficient (Wildman–Crippen LogP) is 7.70. The van der Waals surface area contributed by atoms with E-state index in [4.69, 9.17) is 9.15 Å². The minimum atomic E-state index is -0.663. The van der Waals surface area contributed by atoms with Gasteiger partial charge in [-0.3, -0.25) is 4.79 Å². The fraction of sp³-hybridized carbons (Fsp3) is 0. The minimum absolute atomic E-state index is 0.0601. The third kappa shape index (κ3) is 5.46. The highest BCUT2D eigenvalue weighted by molar-refractivity contribution is 9.11. The fourth-order valence-corrected chi connectivity index (χ4v) is 5.48. The van der Waals surface area contributed by atoms with Crippen molar-refractivity contribution in [1.82, 2.24) is 10.4 Å². The Morgan fingerprint density at radius 2 is 1.76 bits per heavy atom. The van der Waals surface area contributed by atoms with E-state index in [0.717, 1.165) is 31.0 Å². The van der Waals surface area contributed by atoms with Crippen molar-refractivity contribution in [3.8, 4) is 16.9 Å². The molecule has 0 unspecified atom stereocenters. The molecule has 0 aliphatic heterocycles. The van der Waals surface area contributed by atoms with Gasteiger partial charge in [0.05, 0.1) is 17.0 Å². The zero-order chi connectivity index (χ0) is 25.9. The second-order valence-electron chi connectivity index (χ2n) is 7.80. The van der Waals surface area contributed by atoms with E-state index in [1.54, 1.807) is 18.2 Å². The molecule has 0 bridgehead atoms. The average Bonchev–Trinajstić information content (AvgIpc) is 3.55. The number of hydrogen-bond donors (Lipinski definition) is 2. The van der Waals surface area contributed by atoms with Crippen molar-refractivity contribution in [2.75, 3.05) is 0 Å². The largest absolute Gasteiger partial charge is 0.457 e. The maximum Gasteiger partial charge on any atom is 0.379 e. The van der Waals surface area contributed by atoms with E-state index in [1.807, 2.05) is 48.5 Å². The van der Waals surface area contributed by atoms with Gasteiger partial charge < -0.3 is 14.1 Å². The van der Waals surface area contributed by atoms with Gasteiger partial charge in [0.15, 0.2) is 5.75 Å². The molecule has 1 amide bonds. The number of rotatable bonds is 6. The Labute approximate surface area is 236 Å². The Morgan fingerprint density at radius 3 is 2.51 bits per heavy atom. The fourth-order valence-electron chi connectivity index (χ4n) is 3.78. The van der Waals surface area contributed by atoms with Crippen LogP contribution < -0.4 is 10.2 Å². The maximum atomic E-state index is 13.3. The lowest BCUT2D eigenvalue weighted by atomic mass is 10.0.